The lowest BCUT2D eigenvalue weighted by Gasteiger charge is -2.10. The van der Waals surface area contributed by atoms with E-state index in [1.165, 1.54) is 0 Å². The molecule has 8 heteroatoms. The predicted octanol–water partition coefficient (Wildman–Crippen LogP) is 2.32. The SMILES string of the molecule is N#Cc1c(N)nc2c(c1-c1ccc(CO)o1)Cc1cc(OCC(=O)O)ccc1-2. The van der Waals surface area contributed by atoms with E-state index in [0.717, 1.165) is 16.7 Å². The minimum Gasteiger partial charge on any atom is -0.482 e. The molecule has 8 nitrogen and oxygen atoms in total. The number of rotatable bonds is 5. The van der Waals surface area contributed by atoms with Crippen LogP contribution in [0.25, 0.3) is 22.6 Å². The fourth-order valence-corrected chi connectivity index (χ4v) is 3.39. The van der Waals surface area contributed by atoms with Gasteiger partial charge in [-0.15, -0.1) is 0 Å². The zero-order chi connectivity index (χ0) is 19.8. The summed E-state index contributed by atoms with van der Waals surface area (Å²) in [6.07, 6.45) is 0.460. The van der Waals surface area contributed by atoms with Gasteiger partial charge in [-0.05, 0) is 41.5 Å². The van der Waals surface area contributed by atoms with E-state index in [-0.39, 0.29) is 18.0 Å². The Hall–Kier alpha value is -3.83. The summed E-state index contributed by atoms with van der Waals surface area (Å²) >= 11 is 0. The number of nitrogens with zero attached hydrogens (tertiary/aromatic N) is 2. The Morgan fingerprint density at radius 2 is 2.18 bits per heavy atom. The van der Waals surface area contributed by atoms with Crippen molar-refractivity contribution in [1.82, 2.24) is 4.98 Å². The van der Waals surface area contributed by atoms with Crippen LogP contribution in [-0.4, -0.2) is 27.8 Å². The average molecular weight is 377 g/mol. The number of carbonyl (C=O) groups is 1. The molecular formula is C20H15N3O5. The van der Waals surface area contributed by atoms with Gasteiger partial charge in [-0.2, -0.15) is 5.26 Å². The number of fused-ring (bicyclic) bond motifs is 3. The van der Waals surface area contributed by atoms with Gasteiger partial charge in [-0.3, -0.25) is 0 Å². The lowest BCUT2D eigenvalue weighted by Crippen LogP contribution is -2.09. The number of carboxylic acids is 1. The number of aliphatic carboxylic acids is 1. The lowest BCUT2D eigenvalue weighted by molar-refractivity contribution is -0.139. The number of benzene rings is 1. The quantitative estimate of drug-likeness (QED) is 0.481. The van der Waals surface area contributed by atoms with E-state index in [1.54, 1.807) is 30.3 Å². The zero-order valence-corrected chi connectivity index (χ0v) is 14.6. The van der Waals surface area contributed by atoms with Crippen molar-refractivity contribution >= 4 is 11.8 Å². The van der Waals surface area contributed by atoms with Gasteiger partial charge in [0.1, 0.15) is 41.3 Å². The fourth-order valence-electron chi connectivity index (χ4n) is 3.39. The topological polar surface area (TPSA) is 143 Å². The van der Waals surface area contributed by atoms with Crippen molar-refractivity contribution < 1.29 is 24.2 Å². The molecule has 0 atom stereocenters. The predicted molar refractivity (Wildman–Crippen MR) is 98.4 cm³/mol. The molecule has 4 N–H and O–H groups in total. The Bertz CT molecular complexity index is 1140. The summed E-state index contributed by atoms with van der Waals surface area (Å²) in [5, 5.41) is 27.7. The Morgan fingerprint density at radius 3 is 2.86 bits per heavy atom. The maximum atomic E-state index is 10.7. The highest BCUT2D eigenvalue weighted by atomic mass is 16.5. The highest BCUT2D eigenvalue weighted by Gasteiger charge is 2.29. The summed E-state index contributed by atoms with van der Waals surface area (Å²) in [5.74, 6) is 0.280. The number of carboxylic acid groups (broad SMARTS) is 1. The molecule has 1 aliphatic carbocycles. The minimum absolute atomic E-state index is 0.0947. The van der Waals surface area contributed by atoms with E-state index in [4.69, 9.17) is 20.0 Å². The number of nitrogen functional groups attached to an aromatic ring is 1. The first kappa shape index (κ1) is 17.6. The number of pyridine rings is 1. The van der Waals surface area contributed by atoms with Gasteiger partial charge in [0.2, 0.25) is 0 Å². The Morgan fingerprint density at radius 1 is 1.36 bits per heavy atom. The second kappa shape index (κ2) is 6.72. The van der Waals surface area contributed by atoms with Crippen LogP contribution in [-0.2, 0) is 17.8 Å². The summed E-state index contributed by atoms with van der Waals surface area (Å²) in [7, 11) is 0. The third-order valence-corrected chi connectivity index (χ3v) is 4.56. The van der Waals surface area contributed by atoms with E-state index >= 15 is 0 Å². The van der Waals surface area contributed by atoms with Gasteiger partial charge in [0.15, 0.2) is 6.61 Å². The zero-order valence-electron chi connectivity index (χ0n) is 14.6. The second-order valence-corrected chi connectivity index (χ2v) is 6.29. The third-order valence-electron chi connectivity index (χ3n) is 4.56. The molecular weight excluding hydrogens is 362 g/mol. The summed E-state index contributed by atoms with van der Waals surface area (Å²) in [5.41, 5.74) is 9.96. The summed E-state index contributed by atoms with van der Waals surface area (Å²) in [6.45, 7) is -0.688. The minimum atomic E-state index is -1.06. The van der Waals surface area contributed by atoms with Crippen LogP contribution in [0.2, 0.25) is 0 Å². The summed E-state index contributed by atoms with van der Waals surface area (Å²) < 4.78 is 10.9. The van der Waals surface area contributed by atoms with Crippen LogP contribution in [0.15, 0.2) is 34.7 Å². The largest absolute Gasteiger partial charge is 0.482 e. The normalized spacial score (nSPS) is 11.6. The van der Waals surface area contributed by atoms with Gasteiger partial charge in [-0.25, -0.2) is 9.78 Å². The maximum Gasteiger partial charge on any atom is 0.341 e. The molecule has 140 valence electrons. The van der Waals surface area contributed by atoms with E-state index in [9.17, 15) is 15.2 Å². The number of aromatic nitrogens is 1. The van der Waals surface area contributed by atoms with Crippen molar-refractivity contribution in [1.29, 1.82) is 5.26 Å². The number of ether oxygens (including phenoxy) is 1. The average Bonchev–Trinajstić information content (AvgIpc) is 3.29. The Balaban J connectivity index is 1.83. The van der Waals surface area contributed by atoms with Crippen LogP contribution in [0.4, 0.5) is 5.82 Å². The number of aliphatic hydroxyl groups is 1. The number of aliphatic hydroxyl groups excluding tert-OH is 1. The number of nitriles is 1. The third kappa shape index (κ3) is 2.84. The van der Waals surface area contributed by atoms with E-state index in [1.807, 2.05) is 0 Å². The Labute approximate surface area is 159 Å². The fraction of sp³-hybridized carbons (Fsp3) is 0.150. The first-order valence-electron chi connectivity index (χ1n) is 8.42. The molecule has 2 heterocycles. The maximum absolute atomic E-state index is 10.7. The van der Waals surface area contributed by atoms with Gasteiger partial charge in [0.05, 0.1) is 5.69 Å². The van der Waals surface area contributed by atoms with E-state index in [2.05, 4.69) is 11.1 Å². The Kier molecular flexibility index (Phi) is 4.22. The van der Waals surface area contributed by atoms with Crippen molar-refractivity contribution in [3.05, 3.63) is 52.8 Å². The molecule has 2 aromatic heterocycles. The number of nitrogens with two attached hydrogens (primary N) is 1. The molecule has 0 bridgehead atoms. The van der Waals surface area contributed by atoms with Crippen LogP contribution in [0, 0.1) is 11.3 Å². The first-order chi connectivity index (χ1) is 13.5. The molecule has 1 aromatic carbocycles. The molecule has 1 aliphatic rings. The molecule has 0 aliphatic heterocycles. The van der Waals surface area contributed by atoms with Crippen LogP contribution in [0.1, 0.15) is 22.5 Å². The van der Waals surface area contributed by atoms with Crippen LogP contribution in [0.5, 0.6) is 5.75 Å². The van der Waals surface area contributed by atoms with Gasteiger partial charge in [0, 0.05) is 17.5 Å². The van der Waals surface area contributed by atoms with Gasteiger partial charge >= 0.3 is 5.97 Å². The molecule has 0 spiro atoms. The van der Waals surface area contributed by atoms with Crippen molar-refractivity contribution in [3.8, 4) is 34.4 Å². The number of anilines is 1. The standard InChI is InChI=1S/C20H15N3O5/c21-7-15-18(16-4-2-12(8-24)28-16)14-6-10-5-11(27-9-17(25)26)1-3-13(10)19(14)23-20(15)22/h1-5,24H,6,8-9H2,(H2,22,23)(H,25,26). The van der Waals surface area contributed by atoms with Gasteiger partial charge in [-0.1, -0.05) is 0 Å². The lowest BCUT2D eigenvalue weighted by atomic mass is 9.98. The summed E-state index contributed by atoms with van der Waals surface area (Å²) in [4.78, 5) is 15.1. The number of hydrogen-bond donors (Lipinski definition) is 3. The summed E-state index contributed by atoms with van der Waals surface area (Å²) in [6, 6.07) is 10.6. The highest BCUT2D eigenvalue weighted by molar-refractivity contribution is 5.87. The molecule has 0 radical (unpaired) electrons. The van der Waals surface area contributed by atoms with Crippen molar-refractivity contribution in [3.63, 3.8) is 0 Å². The molecule has 0 saturated carbocycles. The smallest absolute Gasteiger partial charge is 0.341 e. The molecule has 0 amide bonds. The monoisotopic (exact) mass is 377 g/mol. The van der Waals surface area contributed by atoms with Crippen LogP contribution >= 0.6 is 0 Å². The van der Waals surface area contributed by atoms with E-state index < -0.39 is 12.6 Å². The molecule has 0 saturated heterocycles. The highest BCUT2D eigenvalue weighted by Crippen LogP contribution is 2.44. The van der Waals surface area contributed by atoms with Gasteiger partial charge in [0.25, 0.3) is 0 Å². The van der Waals surface area contributed by atoms with Crippen LogP contribution in [0.3, 0.4) is 0 Å². The van der Waals surface area contributed by atoms with Crippen molar-refractivity contribution in [2.24, 2.45) is 0 Å². The molecule has 0 unspecified atom stereocenters. The second-order valence-electron chi connectivity index (χ2n) is 6.29. The molecule has 0 fully saturated rings. The van der Waals surface area contributed by atoms with Crippen molar-refractivity contribution in [2.45, 2.75) is 13.0 Å². The number of hydrogen-bond acceptors (Lipinski definition) is 7. The van der Waals surface area contributed by atoms with E-state index in [0.29, 0.717) is 34.9 Å². The van der Waals surface area contributed by atoms with Gasteiger partial charge < -0.3 is 25.1 Å². The molecule has 4 rings (SSSR count). The number of furan rings is 1. The first-order valence-corrected chi connectivity index (χ1v) is 8.42. The van der Waals surface area contributed by atoms with Crippen molar-refractivity contribution in [2.75, 3.05) is 12.3 Å². The molecule has 3 aromatic rings. The van der Waals surface area contributed by atoms with Crippen LogP contribution < -0.4 is 10.5 Å². The molecule has 28 heavy (non-hydrogen) atoms.